The van der Waals surface area contributed by atoms with Gasteiger partial charge in [0.05, 0.1) is 24.8 Å². The van der Waals surface area contributed by atoms with Gasteiger partial charge in [-0.3, -0.25) is 0 Å². The van der Waals surface area contributed by atoms with E-state index >= 15 is 0 Å². The molecule has 1 aliphatic rings. The van der Waals surface area contributed by atoms with Gasteiger partial charge in [0, 0.05) is 0 Å². The van der Waals surface area contributed by atoms with E-state index in [-0.39, 0.29) is 0 Å². The Morgan fingerprint density at radius 1 is 1.39 bits per heavy atom. The fourth-order valence-corrected chi connectivity index (χ4v) is 2.45. The monoisotopic (exact) mass is 267 g/mol. The molecule has 2 rings (SSSR count). The molecule has 0 heterocycles. The Morgan fingerprint density at radius 2 is 2.06 bits per heavy atom. The number of hydrogen-bond donors (Lipinski definition) is 0. The average molecular weight is 268 g/mol. The Hall–Kier alpha value is -1.51. The van der Waals surface area contributed by atoms with Crippen LogP contribution in [-0.4, -0.2) is 20.3 Å². The first kappa shape index (κ1) is 12.9. The first-order valence-electron chi connectivity index (χ1n) is 5.60. The third kappa shape index (κ3) is 1.88. The highest BCUT2D eigenvalue weighted by molar-refractivity contribution is 6.33. The normalized spacial score (nSPS) is 15.8. The van der Waals surface area contributed by atoms with Gasteiger partial charge in [0.15, 0.2) is 11.5 Å². The second-order valence-corrected chi connectivity index (χ2v) is 4.71. The van der Waals surface area contributed by atoms with Crippen molar-refractivity contribution in [1.29, 1.82) is 0 Å². The summed E-state index contributed by atoms with van der Waals surface area (Å²) in [7, 11) is 3.09. The van der Waals surface area contributed by atoms with Gasteiger partial charge in [-0.25, -0.2) is 4.79 Å². The molecule has 5 heteroatoms. The molecule has 0 bridgehead atoms. The summed E-state index contributed by atoms with van der Waals surface area (Å²) in [5.41, 5.74) is 1.31. The Kier molecular flexibility index (Phi) is 3.33. The molecule has 0 atom stereocenters. The number of ether oxygens (including phenoxy) is 2. The molecule has 1 saturated carbocycles. The van der Waals surface area contributed by atoms with Crippen molar-refractivity contribution in [1.82, 2.24) is 0 Å². The number of rotatable bonds is 4. The minimum atomic E-state index is -0.463. The van der Waals surface area contributed by atoms with Crippen LogP contribution in [0.5, 0.6) is 11.5 Å². The molecule has 1 aromatic carbocycles. The van der Waals surface area contributed by atoms with E-state index in [0.29, 0.717) is 16.5 Å². The predicted molar refractivity (Wildman–Crippen MR) is 68.3 cm³/mol. The lowest BCUT2D eigenvalue weighted by molar-refractivity contribution is 0.354. The summed E-state index contributed by atoms with van der Waals surface area (Å²) in [5, 5.41) is 0.499. The first-order chi connectivity index (χ1) is 8.59. The lowest BCUT2D eigenvalue weighted by Gasteiger charge is -2.18. The summed E-state index contributed by atoms with van der Waals surface area (Å²) in [6.07, 6.45) is 3.30. The number of hydrogen-bond acceptors (Lipinski definition) is 4. The zero-order chi connectivity index (χ0) is 13.3. The second kappa shape index (κ2) is 4.63. The van der Waals surface area contributed by atoms with Crippen LogP contribution in [0.2, 0.25) is 5.02 Å². The molecule has 18 heavy (non-hydrogen) atoms. The van der Waals surface area contributed by atoms with Gasteiger partial charge in [0.1, 0.15) is 0 Å². The predicted octanol–water partition coefficient (Wildman–Crippen LogP) is 2.99. The topological polar surface area (TPSA) is 47.9 Å². The van der Waals surface area contributed by atoms with Gasteiger partial charge < -0.3 is 9.47 Å². The van der Waals surface area contributed by atoms with E-state index in [0.717, 1.165) is 24.0 Å². The maximum Gasteiger partial charge on any atom is 0.235 e. The van der Waals surface area contributed by atoms with Crippen molar-refractivity contribution in [2.75, 3.05) is 14.2 Å². The molecule has 1 fully saturated rings. The Balaban J connectivity index is 2.63. The maximum atomic E-state index is 10.5. The van der Waals surface area contributed by atoms with E-state index < -0.39 is 5.54 Å². The largest absolute Gasteiger partial charge is 0.493 e. The van der Waals surface area contributed by atoms with Crippen LogP contribution in [0.25, 0.3) is 0 Å². The molecule has 0 amide bonds. The molecule has 0 aliphatic heterocycles. The molecule has 0 radical (unpaired) electrons. The number of aliphatic imine (C=N–C) groups is 1. The molecular weight excluding hydrogens is 254 g/mol. The minimum Gasteiger partial charge on any atom is -0.493 e. The third-order valence-electron chi connectivity index (χ3n) is 3.34. The van der Waals surface area contributed by atoms with Gasteiger partial charge in [-0.2, -0.15) is 4.99 Å². The lowest BCUT2D eigenvalue weighted by atomic mass is 9.98. The second-order valence-electron chi connectivity index (χ2n) is 4.33. The summed E-state index contributed by atoms with van der Waals surface area (Å²) in [6, 6.07) is 1.84. The van der Waals surface area contributed by atoms with Gasteiger partial charge in [-0.05, 0) is 37.0 Å². The van der Waals surface area contributed by atoms with Gasteiger partial charge in [-0.15, -0.1) is 0 Å². The molecule has 0 spiro atoms. The standard InChI is InChI=1S/C13H14ClNO3/c1-8-9(13(4-5-13)15-7-16)6-10(17-2)12(18-3)11(8)14/h6H,4-5H2,1-3H3. The molecule has 1 aliphatic carbocycles. The molecule has 0 aromatic heterocycles. The Morgan fingerprint density at radius 3 is 2.50 bits per heavy atom. The van der Waals surface area contributed by atoms with E-state index in [1.165, 1.54) is 0 Å². The summed E-state index contributed by atoms with van der Waals surface area (Å²) in [4.78, 5) is 14.4. The van der Waals surface area contributed by atoms with Crippen LogP contribution < -0.4 is 9.47 Å². The SMILES string of the molecule is COc1cc(C2(N=C=O)CC2)c(C)c(Cl)c1OC. The Bertz CT molecular complexity index is 532. The average Bonchev–Trinajstić information content (AvgIpc) is 3.13. The van der Waals surface area contributed by atoms with Crippen LogP contribution in [0.4, 0.5) is 0 Å². The van der Waals surface area contributed by atoms with Crippen molar-refractivity contribution in [3.05, 3.63) is 22.2 Å². The van der Waals surface area contributed by atoms with Crippen molar-refractivity contribution in [3.63, 3.8) is 0 Å². The number of carbonyl (C=O) groups excluding carboxylic acids is 1. The van der Waals surface area contributed by atoms with E-state index in [2.05, 4.69) is 4.99 Å². The molecule has 0 unspecified atom stereocenters. The minimum absolute atomic E-state index is 0.463. The molecule has 0 N–H and O–H groups in total. The highest BCUT2D eigenvalue weighted by Crippen LogP contribution is 2.53. The van der Waals surface area contributed by atoms with E-state index in [4.69, 9.17) is 21.1 Å². The highest BCUT2D eigenvalue weighted by Gasteiger charge is 2.46. The van der Waals surface area contributed by atoms with Crippen molar-refractivity contribution < 1.29 is 14.3 Å². The number of halogens is 1. The van der Waals surface area contributed by atoms with Gasteiger partial charge in [0.2, 0.25) is 6.08 Å². The molecule has 4 nitrogen and oxygen atoms in total. The van der Waals surface area contributed by atoms with E-state index in [1.54, 1.807) is 20.3 Å². The number of nitrogens with zero attached hydrogens (tertiary/aromatic N) is 1. The van der Waals surface area contributed by atoms with Crippen molar-refractivity contribution in [2.45, 2.75) is 25.3 Å². The van der Waals surface area contributed by atoms with Gasteiger partial charge in [-0.1, -0.05) is 11.6 Å². The van der Waals surface area contributed by atoms with E-state index in [9.17, 15) is 4.79 Å². The highest BCUT2D eigenvalue weighted by atomic mass is 35.5. The van der Waals surface area contributed by atoms with Crippen LogP contribution in [0.1, 0.15) is 24.0 Å². The first-order valence-corrected chi connectivity index (χ1v) is 5.98. The summed E-state index contributed by atoms with van der Waals surface area (Å²) in [5.74, 6) is 1.06. The number of benzene rings is 1. The van der Waals surface area contributed by atoms with Crippen molar-refractivity contribution >= 4 is 17.7 Å². The van der Waals surface area contributed by atoms with Crippen LogP contribution in [0.3, 0.4) is 0 Å². The third-order valence-corrected chi connectivity index (χ3v) is 3.80. The zero-order valence-electron chi connectivity index (χ0n) is 10.5. The summed E-state index contributed by atoms with van der Waals surface area (Å²) < 4.78 is 10.5. The van der Waals surface area contributed by atoms with Crippen LogP contribution in [-0.2, 0) is 10.3 Å². The smallest absolute Gasteiger partial charge is 0.235 e. The maximum absolute atomic E-state index is 10.5. The zero-order valence-corrected chi connectivity index (χ0v) is 11.3. The fourth-order valence-electron chi connectivity index (χ4n) is 2.17. The van der Waals surface area contributed by atoms with Crippen molar-refractivity contribution in [2.24, 2.45) is 4.99 Å². The Labute approximate surface area is 111 Å². The quantitative estimate of drug-likeness (QED) is 0.622. The molecule has 96 valence electrons. The number of isocyanates is 1. The summed E-state index contributed by atoms with van der Waals surface area (Å²) >= 11 is 6.27. The lowest BCUT2D eigenvalue weighted by Crippen LogP contribution is -2.07. The molecule has 1 aromatic rings. The van der Waals surface area contributed by atoms with Gasteiger partial charge in [0.25, 0.3) is 0 Å². The van der Waals surface area contributed by atoms with Crippen LogP contribution in [0, 0.1) is 6.92 Å². The van der Waals surface area contributed by atoms with Crippen LogP contribution >= 0.6 is 11.6 Å². The van der Waals surface area contributed by atoms with E-state index in [1.807, 2.05) is 13.0 Å². The number of methoxy groups -OCH3 is 2. The van der Waals surface area contributed by atoms with Crippen LogP contribution in [0.15, 0.2) is 11.1 Å². The van der Waals surface area contributed by atoms with Gasteiger partial charge >= 0.3 is 0 Å². The fraction of sp³-hybridized carbons (Fsp3) is 0.462. The summed E-state index contributed by atoms with van der Waals surface area (Å²) in [6.45, 7) is 1.89. The van der Waals surface area contributed by atoms with Crippen molar-refractivity contribution in [3.8, 4) is 11.5 Å². The molecule has 0 saturated heterocycles. The molecular formula is C13H14ClNO3.